The minimum Gasteiger partial charge on any atom is -0.391 e. The van der Waals surface area contributed by atoms with Crippen LogP contribution in [-0.2, 0) is 16.0 Å². The van der Waals surface area contributed by atoms with Crippen LogP contribution in [0, 0.1) is 12.8 Å². The zero-order valence-corrected chi connectivity index (χ0v) is 19.3. The average molecular weight is 469 g/mol. The Bertz CT molecular complexity index is 1010. The number of aryl methyl sites for hydroxylation is 1. The molecule has 7 N–H and O–H groups in total. The number of nitrogens with two attached hydrogens (primary N) is 1. The van der Waals surface area contributed by atoms with Gasteiger partial charge in [0.1, 0.15) is 11.6 Å². The zero-order chi connectivity index (χ0) is 24.9. The Hall–Kier alpha value is -3.43. The van der Waals surface area contributed by atoms with Crippen LogP contribution in [0.3, 0.4) is 0 Å². The van der Waals surface area contributed by atoms with E-state index in [0.29, 0.717) is 5.69 Å². The van der Waals surface area contributed by atoms with Gasteiger partial charge in [-0.15, -0.1) is 0 Å². The van der Waals surface area contributed by atoms with Gasteiger partial charge in [-0.05, 0) is 37.0 Å². The molecule has 0 bridgehead atoms. The first-order valence-corrected chi connectivity index (χ1v) is 11.3. The highest BCUT2D eigenvalue weighted by molar-refractivity contribution is 5.92. The fraction of sp³-hybridized carbons (Fsp3) is 0.400. The maximum absolute atomic E-state index is 13.1. The van der Waals surface area contributed by atoms with E-state index in [1.165, 1.54) is 0 Å². The Morgan fingerprint density at radius 2 is 1.74 bits per heavy atom. The van der Waals surface area contributed by atoms with E-state index in [1.807, 2.05) is 49.4 Å². The molecule has 9 nitrogen and oxygen atoms in total. The summed E-state index contributed by atoms with van der Waals surface area (Å²) in [5, 5.41) is 29.7. The molecule has 0 unspecified atom stereocenters. The summed E-state index contributed by atoms with van der Waals surface area (Å²) >= 11 is 0. The van der Waals surface area contributed by atoms with Crippen molar-refractivity contribution in [2.75, 3.05) is 5.32 Å². The number of carbonyl (C=O) groups is 3. The van der Waals surface area contributed by atoms with Gasteiger partial charge in [-0.1, -0.05) is 55.0 Å². The minimum absolute atomic E-state index is 0.0332. The van der Waals surface area contributed by atoms with Crippen molar-refractivity contribution in [1.82, 2.24) is 10.6 Å². The van der Waals surface area contributed by atoms with Crippen LogP contribution >= 0.6 is 0 Å². The van der Waals surface area contributed by atoms with Crippen LogP contribution in [0.15, 0.2) is 54.6 Å². The summed E-state index contributed by atoms with van der Waals surface area (Å²) in [5.74, 6) is -1.98. The number of carbonyl (C=O) groups excluding carboxylic acids is 3. The van der Waals surface area contributed by atoms with Gasteiger partial charge in [0.25, 0.3) is 5.91 Å². The van der Waals surface area contributed by atoms with Crippen LogP contribution in [0.5, 0.6) is 0 Å². The number of hydrogen-bond acceptors (Lipinski definition) is 5. The zero-order valence-electron chi connectivity index (χ0n) is 19.3. The number of hydrogen-bond donors (Lipinski definition) is 6. The Morgan fingerprint density at radius 3 is 2.35 bits per heavy atom. The monoisotopic (exact) mass is 468 g/mol. The van der Waals surface area contributed by atoms with E-state index in [4.69, 9.17) is 5.73 Å². The molecule has 1 saturated carbocycles. The molecule has 3 rings (SSSR count). The lowest BCUT2D eigenvalue weighted by atomic mass is 9.73. The summed E-state index contributed by atoms with van der Waals surface area (Å²) in [4.78, 5) is 37.5. The standard InChI is InChI=1S/C25H32N4O5/c1-15-8-10-18(11-9-15)27-24(33)29-20-14-25(34,13-16(2)21(20)30)23(32)28-19(22(26)31)12-17-6-4-3-5-7-17/h3-11,16,19-21,30,34H,12-14H2,1-2H3,(H2,26,31)(H,28,32)(H2,27,29,33)/t16-,19-,20+,21+,25-/m1/s1. The molecule has 0 radical (unpaired) electrons. The number of rotatable bonds is 7. The van der Waals surface area contributed by atoms with E-state index in [1.54, 1.807) is 19.1 Å². The number of aliphatic hydroxyl groups excluding tert-OH is 1. The molecule has 1 aliphatic carbocycles. The lowest BCUT2D eigenvalue weighted by Gasteiger charge is -2.42. The Morgan fingerprint density at radius 1 is 1.09 bits per heavy atom. The molecule has 2 aromatic carbocycles. The lowest BCUT2D eigenvalue weighted by Crippen LogP contribution is -2.63. The molecule has 9 heteroatoms. The van der Waals surface area contributed by atoms with Crippen LogP contribution in [0.4, 0.5) is 10.5 Å². The first-order valence-electron chi connectivity index (χ1n) is 11.3. The number of primary amides is 1. The number of benzene rings is 2. The normalized spacial score (nSPS) is 25.1. The topological polar surface area (TPSA) is 154 Å². The molecular weight excluding hydrogens is 436 g/mol. The molecule has 182 valence electrons. The quantitative estimate of drug-likeness (QED) is 0.361. The smallest absolute Gasteiger partial charge is 0.319 e. The summed E-state index contributed by atoms with van der Waals surface area (Å²) in [5.41, 5.74) is 6.01. The summed E-state index contributed by atoms with van der Waals surface area (Å²) in [6.45, 7) is 3.61. The second kappa shape index (κ2) is 10.7. The van der Waals surface area contributed by atoms with Gasteiger partial charge >= 0.3 is 6.03 Å². The van der Waals surface area contributed by atoms with Crippen LogP contribution in [-0.4, -0.2) is 51.8 Å². The van der Waals surface area contributed by atoms with Crippen molar-refractivity contribution >= 4 is 23.5 Å². The molecule has 0 heterocycles. The lowest BCUT2D eigenvalue weighted by molar-refractivity contribution is -0.152. The van der Waals surface area contributed by atoms with Crippen molar-refractivity contribution in [2.24, 2.45) is 11.7 Å². The summed E-state index contributed by atoms with van der Waals surface area (Å²) in [6.07, 6.45) is -1.04. The van der Waals surface area contributed by atoms with Crippen LogP contribution in [0.25, 0.3) is 0 Å². The van der Waals surface area contributed by atoms with E-state index in [2.05, 4.69) is 16.0 Å². The van der Waals surface area contributed by atoms with E-state index in [-0.39, 0.29) is 19.3 Å². The average Bonchev–Trinajstić information content (AvgIpc) is 2.79. The van der Waals surface area contributed by atoms with Crippen molar-refractivity contribution in [3.63, 3.8) is 0 Å². The van der Waals surface area contributed by atoms with Crippen LogP contribution < -0.4 is 21.7 Å². The molecule has 2 aromatic rings. The van der Waals surface area contributed by atoms with Crippen molar-refractivity contribution in [3.8, 4) is 0 Å². The van der Waals surface area contributed by atoms with Gasteiger partial charge in [0.05, 0.1) is 12.1 Å². The van der Waals surface area contributed by atoms with Crippen molar-refractivity contribution < 1.29 is 24.6 Å². The third kappa shape index (κ3) is 6.33. The largest absolute Gasteiger partial charge is 0.391 e. The number of urea groups is 1. The fourth-order valence-corrected chi connectivity index (χ4v) is 4.28. The van der Waals surface area contributed by atoms with Gasteiger partial charge in [0.15, 0.2) is 0 Å². The molecule has 4 amide bonds. The second-order valence-corrected chi connectivity index (χ2v) is 9.10. The van der Waals surface area contributed by atoms with Crippen LogP contribution in [0.1, 0.15) is 30.9 Å². The number of nitrogens with one attached hydrogen (secondary N) is 3. The predicted octanol–water partition coefficient (Wildman–Crippen LogP) is 1.22. The summed E-state index contributed by atoms with van der Waals surface area (Å²) in [7, 11) is 0. The first kappa shape index (κ1) is 25.2. The highest BCUT2D eigenvalue weighted by Gasteiger charge is 2.48. The van der Waals surface area contributed by atoms with Gasteiger partial charge in [-0.3, -0.25) is 9.59 Å². The van der Waals surface area contributed by atoms with E-state index in [9.17, 15) is 24.6 Å². The Labute approximate surface area is 198 Å². The predicted molar refractivity (Wildman–Crippen MR) is 128 cm³/mol. The molecule has 0 spiro atoms. The highest BCUT2D eigenvalue weighted by atomic mass is 16.3. The third-order valence-electron chi connectivity index (χ3n) is 6.19. The third-order valence-corrected chi connectivity index (χ3v) is 6.19. The van der Waals surface area contributed by atoms with Crippen molar-refractivity contribution in [3.05, 3.63) is 65.7 Å². The van der Waals surface area contributed by atoms with Gasteiger partial charge in [0, 0.05) is 18.5 Å². The van der Waals surface area contributed by atoms with Gasteiger partial charge < -0.3 is 31.9 Å². The maximum atomic E-state index is 13.1. The fourth-order valence-electron chi connectivity index (χ4n) is 4.28. The number of anilines is 1. The SMILES string of the molecule is Cc1ccc(NC(=O)N[C@H]2C[C@@](O)(C(=O)N[C@H](Cc3ccccc3)C(N)=O)C[C@@H](C)[C@@H]2O)cc1. The van der Waals surface area contributed by atoms with Gasteiger partial charge in [-0.25, -0.2) is 4.79 Å². The van der Waals surface area contributed by atoms with Gasteiger partial charge in [-0.2, -0.15) is 0 Å². The molecule has 0 saturated heterocycles. The molecule has 0 aromatic heterocycles. The Balaban J connectivity index is 1.67. The molecule has 1 aliphatic rings. The van der Waals surface area contributed by atoms with E-state index >= 15 is 0 Å². The first-order chi connectivity index (χ1) is 16.1. The van der Waals surface area contributed by atoms with Gasteiger partial charge in [0.2, 0.25) is 5.91 Å². The maximum Gasteiger partial charge on any atom is 0.319 e. The minimum atomic E-state index is -1.90. The Kier molecular flexibility index (Phi) is 7.90. The van der Waals surface area contributed by atoms with E-state index < -0.39 is 47.6 Å². The summed E-state index contributed by atoms with van der Waals surface area (Å²) < 4.78 is 0. The molecule has 34 heavy (non-hydrogen) atoms. The summed E-state index contributed by atoms with van der Waals surface area (Å²) in [6, 6.07) is 13.8. The van der Waals surface area contributed by atoms with Crippen LogP contribution in [0.2, 0.25) is 0 Å². The number of aliphatic hydroxyl groups is 2. The second-order valence-electron chi connectivity index (χ2n) is 9.10. The highest BCUT2D eigenvalue weighted by Crippen LogP contribution is 2.33. The molecule has 1 fully saturated rings. The van der Waals surface area contributed by atoms with Crippen molar-refractivity contribution in [2.45, 2.75) is 56.9 Å². The van der Waals surface area contributed by atoms with Crippen molar-refractivity contribution in [1.29, 1.82) is 0 Å². The molecule has 5 atom stereocenters. The molecule has 0 aliphatic heterocycles. The van der Waals surface area contributed by atoms with E-state index in [0.717, 1.165) is 11.1 Å². The molecular formula is C25H32N4O5. The number of amides is 4.